The quantitative estimate of drug-likeness (QED) is 0.800. The number of ether oxygens (including phenoxy) is 1. The van der Waals surface area contributed by atoms with Crippen LogP contribution in [0.5, 0.6) is 0 Å². The maximum atomic E-state index is 12.2. The van der Waals surface area contributed by atoms with Crippen molar-refractivity contribution in [1.82, 2.24) is 5.32 Å². The second-order valence-corrected chi connectivity index (χ2v) is 6.74. The number of anilines is 1. The predicted octanol–water partition coefficient (Wildman–Crippen LogP) is 4.70. The van der Waals surface area contributed by atoms with E-state index in [4.69, 9.17) is 9.15 Å². The summed E-state index contributed by atoms with van der Waals surface area (Å²) in [7, 11) is 0. The predicted molar refractivity (Wildman–Crippen MR) is 97.2 cm³/mol. The molecule has 1 aromatic carbocycles. The van der Waals surface area contributed by atoms with Gasteiger partial charge in [0.15, 0.2) is 0 Å². The van der Waals surface area contributed by atoms with Crippen molar-refractivity contribution in [3.8, 4) is 0 Å². The number of hydrogen-bond acceptors (Lipinski definition) is 3. The zero-order valence-electron chi connectivity index (χ0n) is 14.7. The highest BCUT2D eigenvalue weighted by atomic mass is 16.5. The van der Waals surface area contributed by atoms with Crippen molar-refractivity contribution < 1.29 is 13.9 Å². The molecule has 0 saturated heterocycles. The number of urea groups is 1. The molecule has 0 aliphatic heterocycles. The van der Waals surface area contributed by atoms with Crippen LogP contribution in [0.15, 0.2) is 47.1 Å². The normalized spacial score (nSPS) is 20.2. The molecule has 134 valence electrons. The number of amides is 2. The maximum absolute atomic E-state index is 12.2. The standard InChI is InChI=1S/C20H26N2O3/c1-15-6-2-3-10-19(15)22-20(23)21-17-8-4-7-16(12-17)13-24-14-18-9-5-11-25-18/h4-5,7-9,11-12,15,19H,2-3,6,10,13-14H2,1H3,(H2,21,22,23). The molecule has 5 heteroatoms. The first kappa shape index (κ1) is 17.5. The maximum Gasteiger partial charge on any atom is 0.319 e. The summed E-state index contributed by atoms with van der Waals surface area (Å²) < 4.78 is 10.9. The zero-order chi connectivity index (χ0) is 17.5. The number of carbonyl (C=O) groups excluding carboxylic acids is 1. The van der Waals surface area contributed by atoms with Gasteiger partial charge in [-0.15, -0.1) is 0 Å². The van der Waals surface area contributed by atoms with Gasteiger partial charge in [-0.3, -0.25) is 0 Å². The third kappa shape index (κ3) is 5.36. The van der Waals surface area contributed by atoms with Crippen molar-refractivity contribution in [1.29, 1.82) is 0 Å². The Morgan fingerprint density at radius 3 is 2.88 bits per heavy atom. The van der Waals surface area contributed by atoms with Gasteiger partial charge in [0.1, 0.15) is 12.4 Å². The Kier molecular flexibility index (Phi) is 6.12. The van der Waals surface area contributed by atoms with Gasteiger partial charge in [-0.05, 0) is 48.6 Å². The molecule has 1 aromatic heterocycles. The average molecular weight is 342 g/mol. The molecule has 1 saturated carbocycles. The van der Waals surface area contributed by atoms with Gasteiger partial charge < -0.3 is 19.8 Å². The molecule has 1 aliphatic rings. The minimum atomic E-state index is -0.132. The SMILES string of the molecule is CC1CCCCC1NC(=O)Nc1cccc(COCc2ccco2)c1. The average Bonchev–Trinajstić information content (AvgIpc) is 3.11. The molecular formula is C20H26N2O3. The first-order chi connectivity index (χ1) is 12.2. The third-order valence-electron chi connectivity index (χ3n) is 4.71. The molecule has 3 rings (SSSR count). The van der Waals surface area contributed by atoms with Crippen molar-refractivity contribution in [3.05, 3.63) is 54.0 Å². The summed E-state index contributed by atoms with van der Waals surface area (Å²) in [6, 6.07) is 11.6. The lowest BCUT2D eigenvalue weighted by Gasteiger charge is -2.29. The number of hydrogen-bond donors (Lipinski definition) is 2. The van der Waals surface area contributed by atoms with E-state index in [1.165, 1.54) is 19.3 Å². The van der Waals surface area contributed by atoms with E-state index in [2.05, 4.69) is 17.6 Å². The highest BCUT2D eigenvalue weighted by Crippen LogP contribution is 2.23. The van der Waals surface area contributed by atoms with E-state index in [9.17, 15) is 4.79 Å². The second kappa shape index (κ2) is 8.72. The lowest BCUT2D eigenvalue weighted by Crippen LogP contribution is -2.43. The molecule has 2 amide bonds. The van der Waals surface area contributed by atoms with Crippen LogP contribution in [0, 0.1) is 5.92 Å². The van der Waals surface area contributed by atoms with Crippen molar-refractivity contribution in [2.45, 2.75) is 51.9 Å². The third-order valence-corrected chi connectivity index (χ3v) is 4.71. The fourth-order valence-electron chi connectivity index (χ4n) is 3.27. The minimum absolute atomic E-state index is 0.132. The summed E-state index contributed by atoms with van der Waals surface area (Å²) in [4.78, 5) is 12.2. The second-order valence-electron chi connectivity index (χ2n) is 6.74. The van der Waals surface area contributed by atoms with E-state index in [0.717, 1.165) is 23.4 Å². The van der Waals surface area contributed by atoms with Crippen LogP contribution in [0.1, 0.15) is 43.9 Å². The van der Waals surface area contributed by atoms with Gasteiger partial charge in [0, 0.05) is 11.7 Å². The molecule has 2 unspecified atom stereocenters. The summed E-state index contributed by atoms with van der Waals surface area (Å²) in [6.45, 7) is 3.11. The molecule has 25 heavy (non-hydrogen) atoms. The molecule has 1 heterocycles. The van der Waals surface area contributed by atoms with Gasteiger partial charge in [0.2, 0.25) is 0 Å². The molecular weight excluding hydrogens is 316 g/mol. The topological polar surface area (TPSA) is 63.5 Å². The lowest BCUT2D eigenvalue weighted by atomic mass is 9.86. The van der Waals surface area contributed by atoms with Gasteiger partial charge in [0.25, 0.3) is 0 Å². The van der Waals surface area contributed by atoms with E-state index in [-0.39, 0.29) is 12.1 Å². The van der Waals surface area contributed by atoms with E-state index >= 15 is 0 Å². The highest BCUT2D eigenvalue weighted by molar-refractivity contribution is 5.89. The number of benzene rings is 1. The number of rotatable bonds is 6. The Bertz CT molecular complexity index is 669. The number of carbonyl (C=O) groups is 1. The van der Waals surface area contributed by atoms with Crippen molar-refractivity contribution in [2.75, 3.05) is 5.32 Å². The molecule has 0 spiro atoms. The summed E-state index contributed by atoms with van der Waals surface area (Å²) in [5.41, 5.74) is 1.79. The zero-order valence-corrected chi connectivity index (χ0v) is 14.7. The summed E-state index contributed by atoms with van der Waals surface area (Å²) >= 11 is 0. The smallest absolute Gasteiger partial charge is 0.319 e. The Morgan fingerprint density at radius 2 is 2.08 bits per heavy atom. The Labute approximate surface area is 148 Å². The van der Waals surface area contributed by atoms with Gasteiger partial charge >= 0.3 is 6.03 Å². The molecule has 2 N–H and O–H groups in total. The van der Waals surface area contributed by atoms with Crippen molar-refractivity contribution >= 4 is 11.7 Å². The largest absolute Gasteiger partial charge is 0.467 e. The molecule has 5 nitrogen and oxygen atoms in total. The van der Waals surface area contributed by atoms with Crippen LogP contribution in [-0.2, 0) is 18.0 Å². The number of nitrogens with one attached hydrogen (secondary N) is 2. The molecule has 2 atom stereocenters. The highest BCUT2D eigenvalue weighted by Gasteiger charge is 2.22. The fraction of sp³-hybridized carbons (Fsp3) is 0.450. The summed E-state index contributed by atoms with van der Waals surface area (Å²) in [5, 5.41) is 6.03. The van der Waals surface area contributed by atoms with Crippen LogP contribution in [0.2, 0.25) is 0 Å². The molecule has 1 aliphatic carbocycles. The monoisotopic (exact) mass is 342 g/mol. The first-order valence-corrected chi connectivity index (χ1v) is 8.97. The van der Waals surface area contributed by atoms with Crippen molar-refractivity contribution in [2.24, 2.45) is 5.92 Å². The molecule has 1 fully saturated rings. The van der Waals surface area contributed by atoms with Gasteiger partial charge in [-0.1, -0.05) is 31.9 Å². The van der Waals surface area contributed by atoms with Gasteiger partial charge in [-0.2, -0.15) is 0 Å². The van der Waals surface area contributed by atoms with Crippen LogP contribution in [0.4, 0.5) is 10.5 Å². The van der Waals surface area contributed by atoms with Gasteiger partial charge in [0.05, 0.1) is 12.9 Å². The molecule has 0 bridgehead atoms. The van der Waals surface area contributed by atoms with Crippen LogP contribution in [0.25, 0.3) is 0 Å². The van der Waals surface area contributed by atoms with Crippen LogP contribution in [0.3, 0.4) is 0 Å². The number of furan rings is 1. The Balaban J connectivity index is 1.48. The molecule has 0 radical (unpaired) electrons. The first-order valence-electron chi connectivity index (χ1n) is 8.97. The van der Waals surface area contributed by atoms with Crippen LogP contribution >= 0.6 is 0 Å². The molecule has 2 aromatic rings. The summed E-state index contributed by atoms with van der Waals surface area (Å²) in [5.74, 6) is 1.34. The lowest BCUT2D eigenvalue weighted by molar-refractivity contribution is 0.0930. The van der Waals surface area contributed by atoms with Crippen LogP contribution in [-0.4, -0.2) is 12.1 Å². The fourth-order valence-corrected chi connectivity index (χ4v) is 3.27. The van der Waals surface area contributed by atoms with E-state index < -0.39 is 0 Å². The van der Waals surface area contributed by atoms with Gasteiger partial charge in [-0.25, -0.2) is 4.79 Å². The Hall–Kier alpha value is -2.27. The van der Waals surface area contributed by atoms with E-state index in [0.29, 0.717) is 19.1 Å². The van der Waals surface area contributed by atoms with Crippen LogP contribution < -0.4 is 10.6 Å². The van der Waals surface area contributed by atoms with E-state index in [1.807, 2.05) is 36.4 Å². The minimum Gasteiger partial charge on any atom is -0.467 e. The van der Waals surface area contributed by atoms with Crippen molar-refractivity contribution in [3.63, 3.8) is 0 Å². The van der Waals surface area contributed by atoms with E-state index in [1.54, 1.807) is 6.26 Å². The Morgan fingerprint density at radius 1 is 1.20 bits per heavy atom. The summed E-state index contributed by atoms with van der Waals surface area (Å²) in [6.07, 6.45) is 6.34.